The number of ether oxygens (including phenoxy) is 2. The molecule has 1 heterocycles. The molecule has 1 aliphatic rings. The van der Waals surface area contributed by atoms with Crippen LogP contribution >= 0.6 is 0 Å². The lowest BCUT2D eigenvalue weighted by Gasteiger charge is -2.28. The first-order chi connectivity index (χ1) is 14.5. The van der Waals surface area contributed by atoms with E-state index in [1.54, 1.807) is 4.90 Å². The van der Waals surface area contributed by atoms with Crippen molar-refractivity contribution in [1.29, 1.82) is 0 Å². The van der Waals surface area contributed by atoms with Crippen LogP contribution in [-0.2, 0) is 20.9 Å². The monoisotopic (exact) mass is 412 g/mol. The Morgan fingerprint density at radius 1 is 1.10 bits per heavy atom. The molecule has 1 unspecified atom stereocenters. The maximum atomic E-state index is 12.6. The van der Waals surface area contributed by atoms with E-state index in [0.29, 0.717) is 38.6 Å². The van der Waals surface area contributed by atoms with Gasteiger partial charge in [-0.1, -0.05) is 30.3 Å². The number of carbonyl (C=O) groups excluding carboxylic acids is 2. The van der Waals surface area contributed by atoms with Crippen molar-refractivity contribution in [3.63, 3.8) is 0 Å². The van der Waals surface area contributed by atoms with Gasteiger partial charge in [-0.2, -0.15) is 0 Å². The van der Waals surface area contributed by atoms with Gasteiger partial charge < -0.3 is 24.6 Å². The van der Waals surface area contributed by atoms with Crippen LogP contribution in [0.1, 0.15) is 12.5 Å². The second-order valence-corrected chi connectivity index (χ2v) is 7.53. The summed E-state index contributed by atoms with van der Waals surface area (Å²) in [5, 5.41) is 2.92. The van der Waals surface area contributed by atoms with Crippen LogP contribution in [0.4, 0.5) is 5.69 Å². The lowest BCUT2D eigenvalue weighted by atomic mass is 10.2. The topological polar surface area (TPSA) is 72.3 Å². The summed E-state index contributed by atoms with van der Waals surface area (Å²) in [6.45, 7) is 4.99. The molecule has 160 valence electrons. The molecular weight excluding hydrogens is 382 g/mol. The van der Waals surface area contributed by atoms with E-state index in [1.165, 1.54) is 0 Å². The summed E-state index contributed by atoms with van der Waals surface area (Å²) in [5.74, 6) is 0.666. The molecule has 0 aromatic heterocycles. The van der Waals surface area contributed by atoms with E-state index in [-0.39, 0.29) is 24.4 Å². The van der Waals surface area contributed by atoms with E-state index in [1.807, 2.05) is 68.6 Å². The zero-order valence-corrected chi connectivity index (χ0v) is 17.6. The number of anilines is 1. The molecule has 30 heavy (non-hydrogen) atoms. The van der Waals surface area contributed by atoms with Gasteiger partial charge in [0, 0.05) is 18.8 Å². The number of amides is 2. The van der Waals surface area contributed by atoms with Crippen molar-refractivity contribution in [1.82, 2.24) is 4.90 Å². The van der Waals surface area contributed by atoms with Crippen molar-refractivity contribution in [2.45, 2.75) is 19.6 Å². The highest BCUT2D eigenvalue weighted by atomic mass is 16.5. The van der Waals surface area contributed by atoms with Gasteiger partial charge in [-0.05, 0) is 36.8 Å². The van der Waals surface area contributed by atoms with E-state index in [2.05, 4.69) is 5.32 Å². The maximum absolute atomic E-state index is 12.6. The Hall–Kier alpha value is -2.90. The van der Waals surface area contributed by atoms with E-state index >= 15 is 0 Å². The molecule has 3 rings (SSSR count). The van der Waals surface area contributed by atoms with E-state index in [0.717, 1.165) is 16.2 Å². The number of rotatable bonds is 8. The molecule has 0 bridgehead atoms. The number of nitrogens with zero attached hydrogens (tertiary/aromatic N) is 1. The first-order valence-corrected chi connectivity index (χ1v) is 10.3. The Kier molecular flexibility index (Phi) is 7.82. The van der Waals surface area contributed by atoms with Crippen LogP contribution in [0.5, 0.6) is 5.75 Å². The Bertz CT molecular complexity index is 820. The lowest BCUT2D eigenvalue weighted by molar-refractivity contribution is -0.886. The first-order valence-electron chi connectivity index (χ1n) is 10.3. The summed E-state index contributed by atoms with van der Waals surface area (Å²) in [6.07, 6.45) is 0. The Balaban J connectivity index is 1.46. The standard InChI is InChI=1S/C23H29N3O4/c1-18(25(2)16-22(27)26-12-14-29-15-13-26)23(28)24-20-8-10-21(11-9-20)30-17-19-6-4-3-5-7-19/h3-11,18H,12-17H2,1-2H3,(H,24,28)/p+1/t18-/m1/s1. The van der Waals surface area contributed by atoms with Crippen LogP contribution in [0.3, 0.4) is 0 Å². The highest BCUT2D eigenvalue weighted by Crippen LogP contribution is 2.17. The predicted octanol–water partition coefficient (Wildman–Crippen LogP) is 0.966. The molecule has 2 atom stereocenters. The van der Waals surface area contributed by atoms with E-state index < -0.39 is 0 Å². The smallest absolute Gasteiger partial charge is 0.282 e. The maximum Gasteiger partial charge on any atom is 0.282 e. The van der Waals surface area contributed by atoms with E-state index in [4.69, 9.17) is 9.47 Å². The van der Waals surface area contributed by atoms with Crippen LogP contribution in [-0.4, -0.2) is 62.7 Å². The zero-order valence-electron chi connectivity index (χ0n) is 17.6. The minimum absolute atomic E-state index is 0.0513. The van der Waals surface area contributed by atoms with Crippen LogP contribution in [0.2, 0.25) is 0 Å². The molecule has 0 spiro atoms. The molecular formula is C23H30N3O4+. The molecule has 2 N–H and O–H groups in total. The fourth-order valence-corrected chi connectivity index (χ4v) is 3.17. The van der Waals surface area contributed by atoms with Gasteiger partial charge in [0.05, 0.1) is 20.3 Å². The molecule has 1 saturated heterocycles. The number of hydrogen-bond donors (Lipinski definition) is 2. The van der Waals surface area contributed by atoms with Gasteiger partial charge in [-0.15, -0.1) is 0 Å². The SMILES string of the molecule is C[C@H](C(=O)Nc1ccc(OCc2ccccc2)cc1)[NH+](C)CC(=O)N1CCOCC1. The Morgan fingerprint density at radius 3 is 2.43 bits per heavy atom. The van der Waals surface area contributed by atoms with Crippen LogP contribution in [0, 0.1) is 0 Å². The zero-order chi connectivity index (χ0) is 21.3. The average Bonchev–Trinajstić information content (AvgIpc) is 2.79. The number of benzene rings is 2. The second kappa shape index (κ2) is 10.8. The summed E-state index contributed by atoms with van der Waals surface area (Å²) >= 11 is 0. The van der Waals surface area contributed by atoms with Gasteiger partial charge in [0.25, 0.3) is 11.8 Å². The molecule has 1 aliphatic heterocycles. The van der Waals surface area contributed by atoms with Crippen molar-refractivity contribution in [2.75, 3.05) is 45.2 Å². The minimum Gasteiger partial charge on any atom is -0.489 e. The third-order valence-corrected chi connectivity index (χ3v) is 5.30. The summed E-state index contributed by atoms with van der Waals surface area (Å²) in [5.41, 5.74) is 1.80. The number of nitrogens with one attached hydrogen (secondary N) is 2. The van der Waals surface area contributed by atoms with Gasteiger partial charge in [-0.3, -0.25) is 9.59 Å². The largest absolute Gasteiger partial charge is 0.489 e. The van der Waals surface area contributed by atoms with Crippen molar-refractivity contribution in [3.8, 4) is 5.75 Å². The fraction of sp³-hybridized carbons (Fsp3) is 0.391. The molecule has 2 aromatic carbocycles. The van der Waals surface area contributed by atoms with Gasteiger partial charge in [0.2, 0.25) is 0 Å². The summed E-state index contributed by atoms with van der Waals surface area (Å²) < 4.78 is 11.1. The van der Waals surface area contributed by atoms with Crippen LogP contribution in [0.15, 0.2) is 54.6 Å². The number of carbonyl (C=O) groups is 2. The number of likely N-dealkylation sites (N-methyl/N-ethyl adjacent to an activating group) is 1. The summed E-state index contributed by atoms with van der Waals surface area (Å²) in [7, 11) is 1.86. The normalized spacial score (nSPS) is 15.9. The highest BCUT2D eigenvalue weighted by Gasteiger charge is 2.27. The molecule has 0 radical (unpaired) electrons. The van der Waals surface area contributed by atoms with Gasteiger partial charge in [0.1, 0.15) is 12.4 Å². The minimum atomic E-state index is -0.357. The van der Waals surface area contributed by atoms with Crippen molar-refractivity contribution in [3.05, 3.63) is 60.2 Å². The molecule has 2 aromatic rings. The van der Waals surface area contributed by atoms with Gasteiger partial charge in [-0.25, -0.2) is 0 Å². The number of quaternary nitrogens is 1. The first kappa shape index (κ1) is 21.8. The Morgan fingerprint density at radius 2 is 1.77 bits per heavy atom. The molecule has 0 saturated carbocycles. The molecule has 0 aliphatic carbocycles. The van der Waals surface area contributed by atoms with Crippen molar-refractivity contribution < 1.29 is 24.0 Å². The molecule has 2 amide bonds. The quantitative estimate of drug-likeness (QED) is 0.678. The molecule has 1 fully saturated rings. The Labute approximate surface area is 177 Å². The van der Waals surface area contributed by atoms with E-state index in [9.17, 15) is 9.59 Å². The van der Waals surface area contributed by atoms with Crippen molar-refractivity contribution in [2.24, 2.45) is 0 Å². The van der Waals surface area contributed by atoms with Gasteiger partial charge >= 0.3 is 0 Å². The fourth-order valence-electron chi connectivity index (χ4n) is 3.17. The van der Waals surface area contributed by atoms with Crippen LogP contribution in [0.25, 0.3) is 0 Å². The third-order valence-electron chi connectivity index (χ3n) is 5.30. The number of morpholine rings is 1. The molecule has 7 heteroatoms. The number of hydrogen-bond acceptors (Lipinski definition) is 4. The highest BCUT2D eigenvalue weighted by molar-refractivity contribution is 5.93. The summed E-state index contributed by atoms with van der Waals surface area (Å²) in [4.78, 5) is 27.6. The summed E-state index contributed by atoms with van der Waals surface area (Å²) in [6, 6.07) is 16.9. The second-order valence-electron chi connectivity index (χ2n) is 7.53. The van der Waals surface area contributed by atoms with Crippen molar-refractivity contribution >= 4 is 17.5 Å². The van der Waals surface area contributed by atoms with Crippen LogP contribution < -0.4 is 15.0 Å². The third kappa shape index (κ3) is 6.30. The molecule has 7 nitrogen and oxygen atoms in total. The predicted molar refractivity (Wildman–Crippen MR) is 114 cm³/mol. The average molecular weight is 413 g/mol. The lowest BCUT2D eigenvalue weighted by Crippen LogP contribution is -3.15. The van der Waals surface area contributed by atoms with Gasteiger partial charge in [0.15, 0.2) is 12.6 Å².